The number of benzene rings is 2. The molecule has 0 spiro atoms. The molecule has 2 aromatic heterocycles. The van der Waals surface area contributed by atoms with E-state index in [1.807, 2.05) is 32.0 Å². The molecule has 0 N–H and O–H groups in total. The highest BCUT2D eigenvalue weighted by atomic mass is 19.4. The average molecular weight is 462 g/mol. The zero-order valence-electron chi connectivity index (χ0n) is 18.6. The topological polar surface area (TPSA) is 60.7 Å². The van der Waals surface area contributed by atoms with Gasteiger partial charge in [-0.3, -0.25) is 4.79 Å². The third kappa shape index (κ3) is 3.89. The second kappa shape index (κ2) is 8.20. The molecule has 5 rings (SSSR count). The Morgan fingerprint density at radius 1 is 0.912 bits per heavy atom. The van der Waals surface area contributed by atoms with E-state index < -0.39 is 17.3 Å². The van der Waals surface area contributed by atoms with Crippen LogP contribution in [0.1, 0.15) is 34.2 Å². The molecular formula is C26H21F3N4O. The summed E-state index contributed by atoms with van der Waals surface area (Å²) in [5.41, 5.74) is 3.79. The Balaban J connectivity index is 1.81. The van der Waals surface area contributed by atoms with Gasteiger partial charge >= 0.3 is 6.18 Å². The van der Waals surface area contributed by atoms with Gasteiger partial charge in [-0.25, -0.2) is 0 Å². The highest BCUT2D eigenvalue weighted by Crippen LogP contribution is 2.37. The SMILES string of the molecule is Cc1cc(C)cc(-c2nn(-c3cc(-c4cccnn4)ccc3C(F)(F)F)c(=O)c3c2CCC3)c1. The zero-order chi connectivity index (χ0) is 24.0. The van der Waals surface area contributed by atoms with Gasteiger partial charge in [0, 0.05) is 22.9 Å². The van der Waals surface area contributed by atoms with E-state index in [4.69, 9.17) is 0 Å². The standard InChI is InChI=1S/C26H21F3N4O/c1-15-11-16(2)13-18(12-15)24-19-5-3-6-20(19)25(34)33(32-24)23-14-17(22-7-4-10-30-31-22)8-9-21(23)26(27,28)29/h4,7-14H,3,5-6H2,1-2H3. The van der Waals surface area contributed by atoms with Gasteiger partial charge in [0.25, 0.3) is 5.56 Å². The van der Waals surface area contributed by atoms with Crippen LogP contribution in [0.2, 0.25) is 0 Å². The number of hydrogen-bond acceptors (Lipinski definition) is 4. The fourth-order valence-corrected chi connectivity index (χ4v) is 4.64. The van der Waals surface area contributed by atoms with Crippen LogP contribution in [-0.4, -0.2) is 20.0 Å². The van der Waals surface area contributed by atoms with Crippen LogP contribution >= 0.6 is 0 Å². The minimum absolute atomic E-state index is 0.319. The van der Waals surface area contributed by atoms with Gasteiger partial charge in [0.15, 0.2) is 0 Å². The van der Waals surface area contributed by atoms with Gasteiger partial charge in [-0.2, -0.15) is 33.1 Å². The van der Waals surface area contributed by atoms with Gasteiger partial charge in [0.2, 0.25) is 0 Å². The van der Waals surface area contributed by atoms with Crippen LogP contribution in [-0.2, 0) is 19.0 Å². The van der Waals surface area contributed by atoms with Crippen LogP contribution in [0.4, 0.5) is 13.2 Å². The molecule has 4 aromatic rings. The summed E-state index contributed by atoms with van der Waals surface area (Å²) in [6.07, 6.45) is -1.24. The van der Waals surface area contributed by atoms with Gasteiger partial charge in [0.1, 0.15) is 0 Å². The molecule has 0 amide bonds. The predicted molar refractivity (Wildman–Crippen MR) is 123 cm³/mol. The smallest absolute Gasteiger partial charge is 0.267 e. The molecule has 172 valence electrons. The summed E-state index contributed by atoms with van der Waals surface area (Å²) in [6.45, 7) is 3.91. The van der Waals surface area contributed by atoms with E-state index in [0.29, 0.717) is 35.4 Å². The fourth-order valence-electron chi connectivity index (χ4n) is 4.64. The van der Waals surface area contributed by atoms with Crippen LogP contribution in [0.25, 0.3) is 28.2 Å². The van der Waals surface area contributed by atoms with E-state index in [0.717, 1.165) is 39.4 Å². The first kappa shape index (κ1) is 22.0. The second-order valence-corrected chi connectivity index (χ2v) is 8.59. The molecular weight excluding hydrogens is 441 g/mol. The summed E-state index contributed by atoms with van der Waals surface area (Å²) in [5, 5.41) is 12.4. The van der Waals surface area contributed by atoms with Gasteiger partial charge < -0.3 is 0 Å². The largest absolute Gasteiger partial charge is 0.418 e. The first-order valence-corrected chi connectivity index (χ1v) is 11.0. The molecule has 0 aliphatic heterocycles. The van der Waals surface area contributed by atoms with E-state index >= 15 is 0 Å². The Kier molecular flexibility index (Phi) is 5.31. The van der Waals surface area contributed by atoms with Gasteiger partial charge in [0.05, 0.1) is 22.6 Å². The molecule has 1 aliphatic carbocycles. The average Bonchev–Trinajstić information content (AvgIpc) is 3.29. The van der Waals surface area contributed by atoms with Gasteiger partial charge in [-0.1, -0.05) is 23.3 Å². The van der Waals surface area contributed by atoms with E-state index in [1.165, 1.54) is 18.3 Å². The summed E-state index contributed by atoms with van der Waals surface area (Å²) in [7, 11) is 0. The predicted octanol–water partition coefficient (Wildman–Crippen LogP) is 5.48. The van der Waals surface area contributed by atoms with Crippen molar-refractivity contribution in [3.63, 3.8) is 0 Å². The molecule has 8 heteroatoms. The normalized spacial score (nSPS) is 13.2. The summed E-state index contributed by atoms with van der Waals surface area (Å²) in [6, 6.07) is 12.8. The highest BCUT2D eigenvalue weighted by Gasteiger charge is 2.35. The molecule has 0 bridgehead atoms. The van der Waals surface area contributed by atoms with Crippen LogP contribution < -0.4 is 5.56 Å². The van der Waals surface area contributed by atoms with Crippen LogP contribution in [0.15, 0.2) is 59.5 Å². The number of alkyl halides is 3. The molecule has 0 radical (unpaired) electrons. The minimum atomic E-state index is -4.67. The van der Waals surface area contributed by atoms with Crippen molar-refractivity contribution in [3.8, 4) is 28.2 Å². The van der Waals surface area contributed by atoms with E-state index in [-0.39, 0.29) is 5.69 Å². The lowest BCUT2D eigenvalue weighted by molar-refractivity contribution is -0.137. The maximum Gasteiger partial charge on any atom is 0.418 e. The lowest BCUT2D eigenvalue weighted by Gasteiger charge is -2.18. The highest BCUT2D eigenvalue weighted by molar-refractivity contribution is 5.68. The van der Waals surface area contributed by atoms with Crippen LogP contribution in [0.3, 0.4) is 0 Å². The molecule has 5 nitrogen and oxygen atoms in total. The van der Waals surface area contributed by atoms with Gasteiger partial charge in [-0.05, 0) is 75.1 Å². The number of hydrogen-bond donors (Lipinski definition) is 0. The Labute approximate surface area is 193 Å². The van der Waals surface area contributed by atoms with E-state index in [2.05, 4.69) is 15.3 Å². The first-order chi connectivity index (χ1) is 16.2. The maximum atomic E-state index is 14.0. The number of aryl methyl sites for hydroxylation is 2. The Morgan fingerprint density at radius 3 is 2.32 bits per heavy atom. The molecule has 0 saturated carbocycles. The molecule has 0 unspecified atom stereocenters. The second-order valence-electron chi connectivity index (χ2n) is 8.59. The Morgan fingerprint density at radius 2 is 1.65 bits per heavy atom. The van der Waals surface area contributed by atoms with Crippen molar-refractivity contribution in [3.05, 3.63) is 92.9 Å². The lowest BCUT2D eigenvalue weighted by atomic mass is 10.00. The van der Waals surface area contributed by atoms with Crippen molar-refractivity contribution >= 4 is 0 Å². The van der Waals surface area contributed by atoms with Crippen molar-refractivity contribution in [2.24, 2.45) is 0 Å². The first-order valence-electron chi connectivity index (χ1n) is 11.0. The fraction of sp³-hybridized carbons (Fsp3) is 0.231. The zero-order valence-corrected chi connectivity index (χ0v) is 18.6. The quantitative estimate of drug-likeness (QED) is 0.405. The Hall–Kier alpha value is -3.81. The lowest BCUT2D eigenvalue weighted by Crippen LogP contribution is -2.28. The van der Waals surface area contributed by atoms with Crippen molar-refractivity contribution in [2.45, 2.75) is 39.3 Å². The summed E-state index contributed by atoms with van der Waals surface area (Å²) < 4.78 is 43.0. The number of nitrogens with zero attached hydrogens (tertiary/aromatic N) is 4. The third-order valence-electron chi connectivity index (χ3n) is 6.05. The van der Waals surface area contributed by atoms with E-state index in [9.17, 15) is 18.0 Å². The van der Waals surface area contributed by atoms with Crippen molar-refractivity contribution < 1.29 is 13.2 Å². The summed E-state index contributed by atoms with van der Waals surface area (Å²) in [5.74, 6) is 0. The molecule has 1 aliphatic rings. The van der Waals surface area contributed by atoms with E-state index in [1.54, 1.807) is 12.1 Å². The van der Waals surface area contributed by atoms with Crippen molar-refractivity contribution in [1.82, 2.24) is 20.0 Å². The molecule has 0 saturated heterocycles. The van der Waals surface area contributed by atoms with Crippen molar-refractivity contribution in [1.29, 1.82) is 0 Å². The van der Waals surface area contributed by atoms with Crippen LogP contribution in [0.5, 0.6) is 0 Å². The minimum Gasteiger partial charge on any atom is -0.267 e. The molecule has 34 heavy (non-hydrogen) atoms. The number of halogens is 3. The van der Waals surface area contributed by atoms with Gasteiger partial charge in [-0.15, -0.1) is 0 Å². The number of fused-ring (bicyclic) bond motifs is 1. The third-order valence-corrected chi connectivity index (χ3v) is 6.05. The molecule has 2 heterocycles. The number of aromatic nitrogens is 4. The molecule has 0 fully saturated rings. The molecule has 0 atom stereocenters. The monoisotopic (exact) mass is 462 g/mol. The van der Waals surface area contributed by atoms with Crippen molar-refractivity contribution in [2.75, 3.05) is 0 Å². The summed E-state index contributed by atoms with van der Waals surface area (Å²) >= 11 is 0. The Bertz CT molecular complexity index is 1440. The number of rotatable bonds is 3. The summed E-state index contributed by atoms with van der Waals surface area (Å²) in [4.78, 5) is 13.4. The van der Waals surface area contributed by atoms with Crippen LogP contribution in [0, 0.1) is 13.8 Å². The maximum absolute atomic E-state index is 14.0. The molecule has 2 aromatic carbocycles.